The van der Waals surface area contributed by atoms with Gasteiger partial charge in [0.15, 0.2) is 0 Å². The molecule has 0 fully saturated rings. The van der Waals surface area contributed by atoms with E-state index in [2.05, 4.69) is 0 Å². The van der Waals surface area contributed by atoms with Crippen LogP contribution in [-0.2, 0) is 0 Å². The predicted octanol–water partition coefficient (Wildman–Crippen LogP) is 0.0310. The number of nitro groups is 1. The van der Waals surface area contributed by atoms with Gasteiger partial charge in [0.2, 0.25) is 0 Å². The van der Waals surface area contributed by atoms with E-state index in [0.717, 1.165) is 0 Å². The van der Waals surface area contributed by atoms with Gasteiger partial charge in [0, 0.05) is 4.92 Å². The number of rotatable bonds is 5. The molecule has 0 aromatic rings. The first-order valence-electron chi connectivity index (χ1n) is 3.97. The molecule has 0 aliphatic heterocycles. The van der Waals surface area contributed by atoms with Gasteiger partial charge in [-0.3, -0.25) is 10.1 Å². The average Bonchev–Trinajstić information content (AvgIpc) is 2.03. The molecule has 0 aliphatic rings. The summed E-state index contributed by atoms with van der Waals surface area (Å²) in [5.74, 6) is -0.160. The van der Waals surface area contributed by atoms with Crippen molar-refractivity contribution in [1.82, 2.24) is 0 Å². The largest absolute Gasteiger partial charge is 0.389 e. The van der Waals surface area contributed by atoms with E-state index in [4.69, 9.17) is 5.11 Å². The molecular formula is C7H15NO4. The van der Waals surface area contributed by atoms with Gasteiger partial charge in [-0.05, 0) is 5.92 Å². The number of aliphatic hydroxyl groups is 2. The second-order valence-corrected chi connectivity index (χ2v) is 2.91. The van der Waals surface area contributed by atoms with Crippen LogP contribution in [0.15, 0.2) is 0 Å². The lowest BCUT2D eigenvalue weighted by Gasteiger charge is -2.18. The topological polar surface area (TPSA) is 83.6 Å². The van der Waals surface area contributed by atoms with Crippen LogP contribution in [0.25, 0.3) is 0 Å². The number of hydrogen-bond acceptors (Lipinski definition) is 4. The van der Waals surface area contributed by atoms with Crippen molar-refractivity contribution >= 4 is 0 Å². The fraction of sp³-hybridized carbons (Fsp3) is 1.00. The van der Waals surface area contributed by atoms with Gasteiger partial charge >= 0.3 is 0 Å². The van der Waals surface area contributed by atoms with Crippen LogP contribution in [-0.4, -0.2) is 33.9 Å². The molecule has 0 bridgehead atoms. The maximum Gasteiger partial charge on any atom is 0.261 e. The van der Waals surface area contributed by atoms with Gasteiger partial charge in [-0.15, -0.1) is 0 Å². The maximum atomic E-state index is 10.3. The third kappa shape index (κ3) is 2.75. The van der Waals surface area contributed by atoms with Crippen LogP contribution in [0.2, 0.25) is 0 Å². The Bertz CT molecular complexity index is 150. The number of hydrogen-bond donors (Lipinski definition) is 2. The summed E-state index contributed by atoms with van der Waals surface area (Å²) in [6.07, 6.45) is -0.402. The van der Waals surface area contributed by atoms with E-state index in [1.807, 2.05) is 6.92 Å². The highest BCUT2D eigenvalue weighted by molar-refractivity contribution is 4.71. The molecule has 0 aliphatic carbocycles. The van der Waals surface area contributed by atoms with Crippen molar-refractivity contribution < 1.29 is 15.1 Å². The monoisotopic (exact) mass is 177 g/mol. The molecule has 2 N–H and O–H groups in total. The van der Waals surface area contributed by atoms with Gasteiger partial charge in [0.05, 0.1) is 0 Å². The highest BCUT2D eigenvalue weighted by Gasteiger charge is 2.32. The Hall–Kier alpha value is -0.680. The molecule has 0 rings (SSSR count). The lowest BCUT2D eigenvalue weighted by molar-refractivity contribution is -0.539. The Morgan fingerprint density at radius 1 is 1.58 bits per heavy atom. The average molecular weight is 177 g/mol. The first-order chi connectivity index (χ1) is 5.54. The number of aliphatic hydroxyl groups excluding tert-OH is 2. The summed E-state index contributed by atoms with van der Waals surface area (Å²) in [6, 6.07) is -1.25. The Kier molecular flexibility index (Phi) is 4.77. The molecule has 0 amide bonds. The first-order valence-corrected chi connectivity index (χ1v) is 3.97. The zero-order valence-electron chi connectivity index (χ0n) is 7.30. The van der Waals surface area contributed by atoms with Crippen LogP contribution in [0.1, 0.15) is 20.3 Å². The zero-order chi connectivity index (χ0) is 9.72. The first kappa shape index (κ1) is 11.3. The van der Waals surface area contributed by atoms with Crippen molar-refractivity contribution in [3.05, 3.63) is 10.1 Å². The minimum atomic E-state index is -1.25. The van der Waals surface area contributed by atoms with E-state index < -0.39 is 23.7 Å². The summed E-state index contributed by atoms with van der Waals surface area (Å²) in [6.45, 7) is 2.94. The normalized spacial score (nSPS) is 18.3. The molecule has 3 atom stereocenters. The van der Waals surface area contributed by atoms with Crippen LogP contribution < -0.4 is 0 Å². The van der Waals surface area contributed by atoms with E-state index in [-0.39, 0.29) is 5.92 Å². The van der Waals surface area contributed by atoms with Crippen molar-refractivity contribution in [2.45, 2.75) is 32.4 Å². The van der Waals surface area contributed by atoms with E-state index in [1.165, 1.54) is 0 Å². The molecule has 0 aromatic heterocycles. The smallest absolute Gasteiger partial charge is 0.261 e. The molecule has 3 unspecified atom stereocenters. The van der Waals surface area contributed by atoms with Crippen molar-refractivity contribution in [3.8, 4) is 0 Å². The molecule has 12 heavy (non-hydrogen) atoms. The van der Waals surface area contributed by atoms with Gasteiger partial charge < -0.3 is 10.2 Å². The van der Waals surface area contributed by atoms with Crippen LogP contribution in [0.5, 0.6) is 0 Å². The molecule has 0 saturated carbocycles. The lowest BCUT2D eigenvalue weighted by atomic mass is 9.96. The Morgan fingerprint density at radius 3 is 2.33 bits per heavy atom. The summed E-state index contributed by atoms with van der Waals surface area (Å²) < 4.78 is 0. The van der Waals surface area contributed by atoms with E-state index in [0.29, 0.717) is 6.42 Å². The maximum absolute atomic E-state index is 10.3. The summed E-state index contributed by atoms with van der Waals surface area (Å²) in [4.78, 5) is 9.64. The Balaban J connectivity index is 4.20. The van der Waals surface area contributed by atoms with Crippen molar-refractivity contribution in [3.63, 3.8) is 0 Å². The molecule has 5 heteroatoms. The Morgan fingerprint density at radius 2 is 2.08 bits per heavy atom. The molecular weight excluding hydrogens is 162 g/mol. The third-order valence-corrected chi connectivity index (χ3v) is 2.08. The van der Waals surface area contributed by atoms with E-state index in [1.54, 1.807) is 6.92 Å². The fourth-order valence-corrected chi connectivity index (χ4v) is 0.920. The van der Waals surface area contributed by atoms with E-state index >= 15 is 0 Å². The van der Waals surface area contributed by atoms with Crippen LogP contribution in [0.3, 0.4) is 0 Å². The van der Waals surface area contributed by atoms with Gasteiger partial charge in [-0.1, -0.05) is 20.3 Å². The Labute approximate surface area is 71.2 Å². The second-order valence-electron chi connectivity index (χ2n) is 2.91. The number of nitrogens with zero attached hydrogens (tertiary/aromatic N) is 1. The van der Waals surface area contributed by atoms with Gasteiger partial charge in [-0.25, -0.2) is 0 Å². The van der Waals surface area contributed by atoms with Crippen LogP contribution in [0.4, 0.5) is 0 Å². The zero-order valence-corrected chi connectivity index (χ0v) is 7.30. The van der Waals surface area contributed by atoms with Crippen molar-refractivity contribution in [1.29, 1.82) is 0 Å². The van der Waals surface area contributed by atoms with Crippen molar-refractivity contribution in [2.75, 3.05) is 6.61 Å². The van der Waals surface area contributed by atoms with Crippen LogP contribution >= 0.6 is 0 Å². The lowest BCUT2D eigenvalue weighted by Crippen LogP contribution is -2.40. The highest BCUT2D eigenvalue weighted by Crippen LogP contribution is 2.12. The SMILES string of the molecule is CCC(C)C(O)C(CO)[N+](=O)[O-]. The molecule has 0 radical (unpaired) electrons. The van der Waals surface area contributed by atoms with Gasteiger partial charge in [-0.2, -0.15) is 0 Å². The minimum absolute atomic E-state index is 0.160. The standard InChI is InChI=1S/C7H15NO4/c1-3-5(2)7(10)6(4-9)8(11)12/h5-7,9-10H,3-4H2,1-2H3. The van der Waals surface area contributed by atoms with Gasteiger partial charge in [0.1, 0.15) is 12.7 Å². The second kappa shape index (κ2) is 5.05. The van der Waals surface area contributed by atoms with Gasteiger partial charge in [0.25, 0.3) is 6.04 Å². The summed E-state index contributed by atoms with van der Waals surface area (Å²) in [5.41, 5.74) is 0. The molecule has 0 aromatic carbocycles. The predicted molar refractivity (Wildman–Crippen MR) is 43.3 cm³/mol. The van der Waals surface area contributed by atoms with E-state index in [9.17, 15) is 15.2 Å². The molecule has 0 spiro atoms. The summed E-state index contributed by atoms with van der Waals surface area (Å²) in [5, 5.41) is 28.2. The quantitative estimate of drug-likeness (QED) is 0.458. The summed E-state index contributed by atoms with van der Waals surface area (Å²) in [7, 11) is 0. The fourth-order valence-electron chi connectivity index (χ4n) is 0.920. The third-order valence-electron chi connectivity index (χ3n) is 2.08. The summed E-state index contributed by atoms with van der Waals surface area (Å²) >= 11 is 0. The molecule has 0 saturated heterocycles. The molecule has 72 valence electrons. The highest BCUT2D eigenvalue weighted by atomic mass is 16.6. The van der Waals surface area contributed by atoms with Crippen LogP contribution in [0, 0.1) is 16.0 Å². The van der Waals surface area contributed by atoms with Crippen molar-refractivity contribution in [2.24, 2.45) is 5.92 Å². The molecule has 5 nitrogen and oxygen atoms in total. The molecule has 0 heterocycles. The minimum Gasteiger partial charge on any atom is -0.389 e.